The molecule has 4 heteroatoms. The van der Waals surface area contributed by atoms with E-state index in [1.165, 1.54) is 9.75 Å². The third-order valence-electron chi connectivity index (χ3n) is 3.04. The minimum atomic E-state index is 0.669. The van der Waals surface area contributed by atoms with Gasteiger partial charge in [0.05, 0.1) is 5.69 Å². The second kappa shape index (κ2) is 7.41. The standard InChI is InChI=1S/C16H22N2OS/c1-4-15-16(8-5-12(2)18-15)19-10-9-17-11-14-7-6-13(3)20-14/h5-8,17H,4,9-11H2,1-3H3. The topological polar surface area (TPSA) is 34.1 Å². The molecule has 0 spiro atoms. The Hall–Kier alpha value is -1.39. The van der Waals surface area contributed by atoms with E-state index in [-0.39, 0.29) is 0 Å². The van der Waals surface area contributed by atoms with Crippen molar-refractivity contribution in [1.29, 1.82) is 0 Å². The monoisotopic (exact) mass is 290 g/mol. The Balaban J connectivity index is 1.73. The van der Waals surface area contributed by atoms with E-state index in [1.807, 2.05) is 30.4 Å². The molecule has 1 N–H and O–H groups in total. The van der Waals surface area contributed by atoms with Crippen molar-refractivity contribution >= 4 is 11.3 Å². The Morgan fingerprint density at radius 2 is 2.05 bits per heavy atom. The van der Waals surface area contributed by atoms with Crippen LogP contribution in [0.2, 0.25) is 0 Å². The summed E-state index contributed by atoms with van der Waals surface area (Å²) in [5, 5.41) is 3.40. The molecule has 20 heavy (non-hydrogen) atoms. The minimum Gasteiger partial charge on any atom is -0.490 e. The summed E-state index contributed by atoms with van der Waals surface area (Å²) in [6.45, 7) is 8.66. The zero-order chi connectivity index (χ0) is 14.4. The molecule has 0 amide bonds. The molecule has 0 unspecified atom stereocenters. The molecular formula is C16H22N2OS. The maximum absolute atomic E-state index is 5.80. The summed E-state index contributed by atoms with van der Waals surface area (Å²) < 4.78 is 5.80. The van der Waals surface area contributed by atoms with Crippen molar-refractivity contribution in [2.45, 2.75) is 33.7 Å². The number of thiophene rings is 1. The van der Waals surface area contributed by atoms with Gasteiger partial charge in [-0.3, -0.25) is 4.98 Å². The van der Waals surface area contributed by atoms with Gasteiger partial charge in [-0.25, -0.2) is 0 Å². The lowest BCUT2D eigenvalue weighted by Crippen LogP contribution is -2.20. The van der Waals surface area contributed by atoms with E-state index in [0.717, 1.165) is 36.6 Å². The van der Waals surface area contributed by atoms with Crippen LogP contribution in [0.25, 0.3) is 0 Å². The number of rotatable bonds is 7. The molecule has 0 radical (unpaired) electrons. The molecule has 2 heterocycles. The Labute approximate surface area is 125 Å². The van der Waals surface area contributed by atoms with Crippen LogP contribution in [0.4, 0.5) is 0 Å². The minimum absolute atomic E-state index is 0.669. The van der Waals surface area contributed by atoms with Crippen molar-refractivity contribution in [3.05, 3.63) is 45.4 Å². The van der Waals surface area contributed by atoms with Crippen LogP contribution in [0.5, 0.6) is 5.75 Å². The fraction of sp³-hybridized carbons (Fsp3) is 0.438. The molecule has 0 aliphatic heterocycles. The number of hydrogen-bond acceptors (Lipinski definition) is 4. The van der Waals surface area contributed by atoms with E-state index < -0.39 is 0 Å². The normalized spacial score (nSPS) is 10.8. The van der Waals surface area contributed by atoms with Crippen LogP contribution in [-0.4, -0.2) is 18.1 Å². The first-order chi connectivity index (χ1) is 9.69. The molecule has 2 rings (SSSR count). The van der Waals surface area contributed by atoms with Gasteiger partial charge in [0.2, 0.25) is 0 Å². The lowest BCUT2D eigenvalue weighted by Gasteiger charge is -2.10. The number of nitrogens with zero attached hydrogens (tertiary/aromatic N) is 1. The molecule has 2 aromatic heterocycles. The molecule has 0 fully saturated rings. The SMILES string of the molecule is CCc1nc(C)ccc1OCCNCc1ccc(C)s1. The fourth-order valence-corrected chi connectivity index (χ4v) is 2.87. The number of aryl methyl sites for hydroxylation is 3. The summed E-state index contributed by atoms with van der Waals surface area (Å²) in [5.74, 6) is 0.909. The van der Waals surface area contributed by atoms with E-state index in [9.17, 15) is 0 Å². The van der Waals surface area contributed by atoms with Crippen LogP contribution < -0.4 is 10.1 Å². The van der Waals surface area contributed by atoms with Gasteiger partial charge < -0.3 is 10.1 Å². The van der Waals surface area contributed by atoms with Crippen molar-refractivity contribution < 1.29 is 4.74 Å². The fourth-order valence-electron chi connectivity index (χ4n) is 2.01. The molecule has 0 saturated heterocycles. The summed E-state index contributed by atoms with van der Waals surface area (Å²) in [7, 11) is 0. The second-order valence-corrected chi connectivity index (χ2v) is 6.16. The molecule has 0 aliphatic rings. The zero-order valence-electron chi connectivity index (χ0n) is 12.4. The quantitative estimate of drug-likeness (QED) is 0.793. The third kappa shape index (κ3) is 4.32. The molecule has 0 aromatic carbocycles. The van der Waals surface area contributed by atoms with Gasteiger partial charge in [0.15, 0.2) is 0 Å². The van der Waals surface area contributed by atoms with Crippen molar-refractivity contribution in [2.24, 2.45) is 0 Å². The molecule has 3 nitrogen and oxygen atoms in total. The van der Waals surface area contributed by atoms with Crippen LogP contribution in [0.3, 0.4) is 0 Å². The van der Waals surface area contributed by atoms with E-state index in [2.05, 4.69) is 36.3 Å². The molecule has 0 aliphatic carbocycles. The Morgan fingerprint density at radius 1 is 1.20 bits per heavy atom. The number of ether oxygens (including phenoxy) is 1. The number of nitrogens with one attached hydrogen (secondary N) is 1. The lowest BCUT2D eigenvalue weighted by molar-refractivity contribution is 0.309. The first kappa shape index (κ1) is 15.0. The Bertz CT molecular complexity index is 551. The average molecular weight is 290 g/mol. The van der Waals surface area contributed by atoms with Gasteiger partial charge in [-0.2, -0.15) is 0 Å². The van der Waals surface area contributed by atoms with E-state index in [0.29, 0.717) is 6.61 Å². The van der Waals surface area contributed by atoms with Crippen molar-refractivity contribution in [3.63, 3.8) is 0 Å². The first-order valence-electron chi connectivity index (χ1n) is 7.04. The number of aromatic nitrogens is 1. The largest absolute Gasteiger partial charge is 0.490 e. The van der Waals surface area contributed by atoms with Gasteiger partial charge in [-0.05, 0) is 44.5 Å². The average Bonchev–Trinajstić information content (AvgIpc) is 2.85. The number of pyridine rings is 1. The lowest BCUT2D eigenvalue weighted by atomic mass is 10.2. The molecule has 0 atom stereocenters. The summed E-state index contributed by atoms with van der Waals surface area (Å²) in [6, 6.07) is 8.34. The van der Waals surface area contributed by atoms with E-state index in [4.69, 9.17) is 4.74 Å². The van der Waals surface area contributed by atoms with Crippen LogP contribution in [0.1, 0.15) is 28.1 Å². The van der Waals surface area contributed by atoms with Crippen LogP contribution >= 0.6 is 11.3 Å². The van der Waals surface area contributed by atoms with Gasteiger partial charge in [-0.15, -0.1) is 11.3 Å². The van der Waals surface area contributed by atoms with Crippen molar-refractivity contribution in [2.75, 3.05) is 13.2 Å². The highest BCUT2D eigenvalue weighted by Gasteiger charge is 2.03. The number of hydrogen-bond donors (Lipinski definition) is 1. The smallest absolute Gasteiger partial charge is 0.140 e. The van der Waals surface area contributed by atoms with Gasteiger partial charge in [-0.1, -0.05) is 6.92 Å². The molecule has 2 aromatic rings. The van der Waals surface area contributed by atoms with Gasteiger partial charge >= 0.3 is 0 Å². The van der Waals surface area contributed by atoms with Crippen molar-refractivity contribution in [1.82, 2.24) is 10.3 Å². The molecule has 0 saturated carbocycles. The maximum Gasteiger partial charge on any atom is 0.140 e. The van der Waals surface area contributed by atoms with Gasteiger partial charge in [0, 0.05) is 28.5 Å². The zero-order valence-corrected chi connectivity index (χ0v) is 13.2. The summed E-state index contributed by atoms with van der Waals surface area (Å²) in [5.41, 5.74) is 2.08. The first-order valence-corrected chi connectivity index (χ1v) is 7.86. The summed E-state index contributed by atoms with van der Waals surface area (Å²) in [4.78, 5) is 7.22. The predicted molar refractivity (Wildman–Crippen MR) is 84.6 cm³/mol. The van der Waals surface area contributed by atoms with E-state index >= 15 is 0 Å². The maximum atomic E-state index is 5.80. The van der Waals surface area contributed by atoms with Crippen molar-refractivity contribution in [3.8, 4) is 5.75 Å². The highest BCUT2D eigenvalue weighted by molar-refractivity contribution is 7.11. The molecular weight excluding hydrogens is 268 g/mol. The molecule has 0 bridgehead atoms. The Kier molecular flexibility index (Phi) is 5.56. The Morgan fingerprint density at radius 3 is 2.75 bits per heavy atom. The third-order valence-corrected chi connectivity index (χ3v) is 4.04. The molecule has 108 valence electrons. The van der Waals surface area contributed by atoms with Crippen LogP contribution in [-0.2, 0) is 13.0 Å². The second-order valence-electron chi connectivity index (χ2n) is 4.79. The summed E-state index contributed by atoms with van der Waals surface area (Å²) in [6.07, 6.45) is 0.902. The highest BCUT2D eigenvalue weighted by Crippen LogP contribution is 2.17. The van der Waals surface area contributed by atoms with Gasteiger partial charge in [0.1, 0.15) is 12.4 Å². The van der Waals surface area contributed by atoms with Gasteiger partial charge in [0.25, 0.3) is 0 Å². The van der Waals surface area contributed by atoms with E-state index in [1.54, 1.807) is 0 Å². The van der Waals surface area contributed by atoms with Crippen LogP contribution in [0.15, 0.2) is 24.3 Å². The predicted octanol–water partition coefficient (Wildman–Crippen LogP) is 3.49. The highest BCUT2D eigenvalue weighted by atomic mass is 32.1. The summed E-state index contributed by atoms with van der Waals surface area (Å²) >= 11 is 1.84. The van der Waals surface area contributed by atoms with Crippen LogP contribution in [0, 0.1) is 13.8 Å².